The number of carbonyl (C=O) groups is 2. The number of carbonyl (C=O) groups excluding carboxylic acids is 2. The van der Waals surface area contributed by atoms with Crippen molar-refractivity contribution in [2.24, 2.45) is 16.8 Å². The summed E-state index contributed by atoms with van der Waals surface area (Å²) < 4.78 is 0. The van der Waals surface area contributed by atoms with Gasteiger partial charge < -0.3 is 20.9 Å². The van der Waals surface area contributed by atoms with Crippen LogP contribution in [0.2, 0.25) is 0 Å². The van der Waals surface area contributed by atoms with Crippen molar-refractivity contribution in [2.75, 3.05) is 33.2 Å². The van der Waals surface area contributed by atoms with Crippen LogP contribution in [0.1, 0.15) is 64.2 Å². The number of rotatable bonds is 7. The molecule has 1 unspecified atom stereocenters. The first-order valence-corrected chi connectivity index (χ1v) is 11.2. The average Bonchev–Trinajstić information content (AvgIpc) is 3.14. The lowest BCUT2D eigenvalue weighted by Gasteiger charge is -2.26. The zero-order valence-corrected chi connectivity index (χ0v) is 17.3. The molecule has 2 amide bonds. The van der Waals surface area contributed by atoms with Crippen LogP contribution in [0.4, 0.5) is 0 Å². The molecule has 1 heterocycles. The van der Waals surface area contributed by atoms with Gasteiger partial charge in [-0.15, -0.1) is 0 Å². The minimum absolute atomic E-state index is 0.211. The molecule has 3 N–H and O–H groups in total. The molecule has 3 fully saturated rings. The van der Waals surface area contributed by atoms with Crippen LogP contribution in [0, 0.1) is 11.8 Å². The lowest BCUT2D eigenvalue weighted by Crippen LogP contribution is -2.46. The van der Waals surface area contributed by atoms with Gasteiger partial charge in [-0.2, -0.15) is 0 Å². The fourth-order valence-corrected chi connectivity index (χ4v) is 4.40. The number of nitrogens with zero attached hydrogens (tertiary/aromatic N) is 2. The van der Waals surface area contributed by atoms with E-state index in [9.17, 15) is 9.59 Å². The molecule has 3 aliphatic rings. The number of nitrogens with one attached hydrogen (secondary N) is 3. The largest absolute Gasteiger partial charge is 0.356 e. The third kappa shape index (κ3) is 5.85. The van der Waals surface area contributed by atoms with E-state index in [4.69, 9.17) is 0 Å². The third-order valence-corrected chi connectivity index (χ3v) is 6.44. The molecule has 1 atom stereocenters. The van der Waals surface area contributed by atoms with E-state index < -0.39 is 0 Å². The van der Waals surface area contributed by atoms with Crippen molar-refractivity contribution in [2.45, 2.75) is 70.3 Å². The maximum absolute atomic E-state index is 12.7. The highest BCUT2D eigenvalue weighted by Crippen LogP contribution is 2.27. The molecular weight excluding hydrogens is 354 g/mol. The van der Waals surface area contributed by atoms with Gasteiger partial charge in [-0.1, -0.05) is 25.7 Å². The van der Waals surface area contributed by atoms with Gasteiger partial charge in [0.05, 0.1) is 0 Å². The van der Waals surface area contributed by atoms with Gasteiger partial charge in [-0.05, 0) is 38.5 Å². The molecule has 0 aromatic rings. The quantitative estimate of drug-likeness (QED) is 0.350. The first kappa shape index (κ1) is 20.9. The molecule has 0 spiro atoms. The Balaban J connectivity index is 1.30. The van der Waals surface area contributed by atoms with Gasteiger partial charge >= 0.3 is 0 Å². The smallest absolute Gasteiger partial charge is 0.225 e. The molecule has 0 aromatic carbocycles. The Morgan fingerprint density at radius 3 is 2.32 bits per heavy atom. The second-order valence-corrected chi connectivity index (χ2v) is 8.52. The van der Waals surface area contributed by atoms with Gasteiger partial charge in [0, 0.05) is 51.1 Å². The number of likely N-dealkylation sites (tertiary alicyclic amines) is 1. The van der Waals surface area contributed by atoms with E-state index in [0.717, 1.165) is 64.1 Å². The van der Waals surface area contributed by atoms with Crippen molar-refractivity contribution in [3.8, 4) is 0 Å². The Kier molecular flexibility index (Phi) is 7.98. The van der Waals surface area contributed by atoms with E-state index in [-0.39, 0.29) is 23.8 Å². The van der Waals surface area contributed by atoms with E-state index in [1.165, 1.54) is 25.7 Å². The molecule has 28 heavy (non-hydrogen) atoms. The van der Waals surface area contributed by atoms with Crippen LogP contribution >= 0.6 is 0 Å². The zero-order valence-electron chi connectivity index (χ0n) is 17.3. The molecule has 1 aliphatic heterocycles. The van der Waals surface area contributed by atoms with Gasteiger partial charge in [0.15, 0.2) is 5.96 Å². The Bertz CT molecular complexity index is 555. The molecule has 0 bridgehead atoms. The topological polar surface area (TPSA) is 85.8 Å². The first-order valence-electron chi connectivity index (χ1n) is 11.2. The van der Waals surface area contributed by atoms with Crippen molar-refractivity contribution in [1.82, 2.24) is 20.9 Å². The molecular formula is C21H37N5O2. The van der Waals surface area contributed by atoms with Gasteiger partial charge in [-0.3, -0.25) is 14.6 Å². The van der Waals surface area contributed by atoms with E-state index in [1.807, 2.05) is 4.90 Å². The Morgan fingerprint density at radius 1 is 0.929 bits per heavy atom. The number of guanidine groups is 1. The van der Waals surface area contributed by atoms with E-state index >= 15 is 0 Å². The summed E-state index contributed by atoms with van der Waals surface area (Å²) in [4.78, 5) is 30.8. The maximum atomic E-state index is 12.7. The molecule has 158 valence electrons. The predicted molar refractivity (Wildman–Crippen MR) is 111 cm³/mol. The second kappa shape index (κ2) is 10.7. The second-order valence-electron chi connectivity index (χ2n) is 8.52. The highest BCUT2D eigenvalue weighted by atomic mass is 16.2. The third-order valence-electron chi connectivity index (χ3n) is 6.44. The van der Waals surface area contributed by atoms with Gasteiger partial charge in [0.25, 0.3) is 0 Å². The minimum atomic E-state index is 0.211. The monoisotopic (exact) mass is 391 g/mol. The normalized spacial score (nSPS) is 24.0. The van der Waals surface area contributed by atoms with E-state index in [2.05, 4.69) is 20.9 Å². The van der Waals surface area contributed by atoms with Crippen LogP contribution in [-0.4, -0.2) is 61.9 Å². The van der Waals surface area contributed by atoms with Crippen molar-refractivity contribution < 1.29 is 9.59 Å². The predicted octanol–water partition coefficient (Wildman–Crippen LogP) is 1.64. The summed E-state index contributed by atoms with van der Waals surface area (Å²) in [6, 6.07) is 0.261. The lowest BCUT2D eigenvalue weighted by atomic mass is 9.85. The molecule has 0 radical (unpaired) electrons. The summed E-state index contributed by atoms with van der Waals surface area (Å²) in [5.74, 6) is 1.85. The summed E-state index contributed by atoms with van der Waals surface area (Å²) in [7, 11) is 1.77. The van der Waals surface area contributed by atoms with Crippen molar-refractivity contribution in [3.05, 3.63) is 0 Å². The van der Waals surface area contributed by atoms with Crippen molar-refractivity contribution in [1.29, 1.82) is 0 Å². The number of hydrogen-bond donors (Lipinski definition) is 3. The summed E-state index contributed by atoms with van der Waals surface area (Å²) in [6.45, 7) is 3.08. The van der Waals surface area contributed by atoms with Crippen LogP contribution in [-0.2, 0) is 9.59 Å². The summed E-state index contributed by atoms with van der Waals surface area (Å²) in [5.41, 5.74) is 0. The zero-order chi connectivity index (χ0) is 19.8. The van der Waals surface area contributed by atoms with Gasteiger partial charge in [-0.25, -0.2) is 0 Å². The average molecular weight is 392 g/mol. The summed E-state index contributed by atoms with van der Waals surface area (Å²) in [6.07, 6.45) is 10.9. The molecule has 2 saturated carbocycles. The SMILES string of the molecule is CN=C(NCCCNC(=O)C1CCC1)NC1CCN(C(=O)C2CCCCC2)C1. The van der Waals surface area contributed by atoms with Gasteiger partial charge in [0.1, 0.15) is 0 Å². The van der Waals surface area contributed by atoms with Crippen LogP contribution < -0.4 is 16.0 Å². The number of hydrogen-bond acceptors (Lipinski definition) is 3. The fraction of sp³-hybridized carbons (Fsp3) is 0.857. The molecule has 2 aliphatic carbocycles. The maximum Gasteiger partial charge on any atom is 0.225 e. The summed E-state index contributed by atoms with van der Waals surface area (Å²) >= 11 is 0. The highest BCUT2D eigenvalue weighted by molar-refractivity contribution is 5.81. The summed E-state index contributed by atoms with van der Waals surface area (Å²) in [5, 5.41) is 9.78. The molecule has 0 aromatic heterocycles. The standard InChI is InChI=1S/C21H37N5O2/c1-22-21(24-13-6-12-23-19(27)16-9-5-10-16)25-18-11-14-26(15-18)20(28)17-7-3-2-4-8-17/h16-18H,2-15H2,1H3,(H,23,27)(H2,22,24,25). The molecule has 7 nitrogen and oxygen atoms in total. The molecule has 7 heteroatoms. The number of amides is 2. The van der Waals surface area contributed by atoms with Crippen LogP contribution in [0.15, 0.2) is 4.99 Å². The first-order chi connectivity index (χ1) is 13.7. The Labute approximate surface area is 169 Å². The molecule has 1 saturated heterocycles. The lowest BCUT2D eigenvalue weighted by molar-refractivity contribution is -0.135. The van der Waals surface area contributed by atoms with Crippen LogP contribution in [0.25, 0.3) is 0 Å². The Hall–Kier alpha value is -1.79. The van der Waals surface area contributed by atoms with Crippen molar-refractivity contribution >= 4 is 17.8 Å². The highest BCUT2D eigenvalue weighted by Gasteiger charge is 2.31. The van der Waals surface area contributed by atoms with E-state index in [1.54, 1.807) is 7.05 Å². The van der Waals surface area contributed by atoms with Crippen LogP contribution in [0.3, 0.4) is 0 Å². The Morgan fingerprint density at radius 2 is 1.64 bits per heavy atom. The molecule has 3 rings (SSSR count). The minimum Gasteiger partial charge on any atom is -0.356 e. The number of aliphatic imine (C=N–C) groups is 1. The van der Waals surface area contributed by atoms with E-state index in [0.29, 0.717) is 12.5 Å². The van der Waals surface area contributed by atoms with Gasteiger partial charge in [0.2, 0.25) is 11.8 Å². The van der Waals surface area contributed by atoms with Crippen LogP contribution in [0.5, 0.6) is 0 Å². The van der Waals surface area contributed by atoms with Crippen molar-refractivity contribution in [3.63, 3.8) is 0 Å². The fourth-order valence-electron chi connectivity index (χ4n) is 4.40.